The number of β-amino-alcohol motifs (C(OH)–C–C–N with tert-alkyl or cyclic N) is 1. The lowest BCUT2D eigenvalue weighted by atomic mass is 10.1. The molecule has 2 aromatic carbocycles. The SMILES string of the molecule is O=C(Nc1ccc2oc(N3CC(O)C3)nc2c1)c1ccc2c(c1)CCO2. The molecule has 7 heteroatoms. The fourth-order valence-corrected chi connectivity index (χ4v) is 3.27. The number of anilines is 2. The molecule has 2 N–H and O–H groups in total. The van der Waals surface area contributed by atoms with E-state index in [2.05, 4.69) is 10.3 Å². The largest absolute Gasteiger partial charge is 0.493 e. The molecule has 0 spiro atoms. The van der Waals surface area contributed by atoms with E-state index in [4.69, 9.17) is 9.15 Å². The Labute approximate surface area is 149 Å². The fourth-order valence-electron chi connectivity index (χ4n) is 3.27. The molecule has 0 bridgehead atoms. The van der Waals surface area contributed by atoms with E-state index in [1.165, 1.54) is 0 Å². The van der Waals surface area contributed by atoms with Crippen molar-refractivity contribution in [2.24, 2.45) is 0 Å². The minimum Gasteiger partial charge on any atom is -0.493 e. The number of amides is 1. The highest BCUT2D eigenvalue weighted by Gasteiger charge is 2.28. The van der Waals surface area contributed by atoms with Gasteiger partial charge in [-0.1, -0.05) is 0 Å². The van der Waals surface area contributed by atoms with E-state index < -0.39 is 0 Å². The standard InChI is InChI=1S/C19H17N3O4/c23-14-9-22(10-14)19-21-15-8-13(2-4-17(15)26-19)20-18(24)12-1-3-16-11(7-12)5-6-25-16/h1-4,7-8,14,23H,5-6,9-10H2,(H,20,24). The molecule has 1 aromatic heterocycles. The van der Waals surface area contributed by atoms with Gasteiger partial charge in [0.1, 0.15) is 11.3 Å². The van der Waals surface area contributed by atoms with E-state index in [-0.39, 0.29) is 12.0 Å². The van der Waals surface area contributed by atoms with Gasteiger partial charge in [-0.05, 0) is 42.0 Å². The number of benzene rings is 2. The Bertz CT molecular complexity index is 1010. The minimum absolute atomic E-state index is 0.173. The molecular formula is C19H17N3O4. The Kier molecular flexibility index (Phi) is 3.36. The number of ether oxygens (including phenoxy) is 1. The molecule has 0 unspecified atom stereocenters. The van der Waals surface area contributed by atoms with Crippen LogP contribution in [0.25, 0.3) is 11.1 Å². The first-order valence-electron chi connectivity index (χ1n) is 8.56. The smallest absolute Gasteiger partial charge is 0.298 e. The van der Waals surface area contributed by atoms with Crippen molar-refractivity contribution >= 4 is 28.7 Å². The second kappa shape index (κ2) is 5.74. The minimum atomic E-state index is -0.322. The number of hydrogen-bond donors (Lipinski definition) is 2. The number of aromatic nitrogens is 1. The highest BCUT2D eigenvalue weighted by molar-refractivity contribution is 6.05. The zero-order valence-electron chi connectivity index (χ0n) is 13.9. The lowest BCUT2D eigenvalue weighted by molar-refractivity contribution is 0.102. The van der Waals surface area contributed by atoms with Gasteiger partial charge in [-0.15, -0.1) is 0 Å². The van der Waals surface area contributed by atoms with Gasteiger partial charge in [0.15, 0.2) is 5.58 Å². The van der Waals surface area contributed by atoms with Gasteiger partial charge in [-0.2, -0.15) is 4.98 Å². The third kappa shape index (κ3) is 2.57. The molecule has 1 amide bonds. The molecule has 5 rings (SSSR count). The van der Waals surface area contributed by atoms with E-state index in [0.717, 1.165) is 17.7 Å². The van der Waals surface area contributed by atoms with Crippen LogP contribution in [-0.2, 0) is 6.42 Å². The highest BCUT2D eigenvalue weighted by atomic mass is 16.5. The summed E-state index contributed by atoms with van der Waals surface area (Å²) in [5.74, 6) is 0.683. The predicted octanol–water partition coefficient (Wildman–Crippen LogP) is 2.20. The Morgan fingerprint density at radius 3 is 2.96 bits per heavy atom. The van der Waals surface area contributed by atoms with Crippen LogP contribution in [0.15, 0.2) is 40.8 Å². The Morgan fingerprint density at radius 1 is 1.23 bits per heavy atom. The number of fused-ring (bicyclic) bond motifs is 2. The quantitative estimate of drug-likeness (QED) is 0.752. The summed E-state index contributed by atoms with van der Waals surface area (Å²) in [7, 11) is 0. The molecule has 132 valence electrons. The summed E-state index contributed by atoms with van der Waals surface area (Å²) in [6.45, 7) is 1.72. The van der Waals surface area contributed by atoms with Gasteiger partial charge in [0, 0.05) is 17.7 Å². The van der Waals surface area contributed by atoms with Gasteiger partial charge < -0.3 is 24.5 Å². The Morgan fingerprint density at radius 2 is 2.12 bits per heavy atom. The second-order valence-electron chi connectivity index (χ2n) is 6.61. The molecule has 1 fully saturated rings. The van der Waals surface area contributed by atoms with Crippen LogP contribution in [0.3, 0.4) is 0 Å². The first-order valence-corrected chi connectivity index (χ1v) is 8.56. The fraction of sp³-hybridized carbons (Fsp3) is 0.263. The van der Waals surface area contributed by atoms with E-state index >= 15 is 0 Å². The van der Waals surface area contributed by atoms with Crippen molar-refractivity contribution in [1.29, 1.82) is 0 Å². The zero-order valence-corrected chi connectivity index (χ0v) is 13.9. The van der Waals surface area contributed by atoms with Crippen molar-refractivity contribution in [2.75, 3.05) is 29.9 Å². The Hall–Kier alpha value is -3.06. The van der Waals surface area contributed by atoms with Crippen LogP contribution in [-0.4, -0.2) is 41.8 Å². The molecule has 0 saturated carbocycles. The molecule has 3 heterocycles. The summed E-state index contributed by atoms with van der Waals surface area (Å²) in [5, 5.41) is 12.3. The van der Waals surface area contributed by atoms with Crippen LogP contribution in [0.1, 0.15) is 15.9 Å². The van der Waals surface area contributed by atoms with Gasteiger partial charge in [-0.25, -0.2) is 0 Å². The van der Waals surface area contributed by atoms with Crippen LogP contribution < -0.4 is 15.0 Å². The molecule has 0 radical (unpaired) electrons. The molecule has 0 atom stereocenters. The molecule has 0 aliphatic carbocycles. The number of carbonyl (C=O) groups is 1. The number of nitrogens with one attached hydrogen (secondary N) is 1. The Balaban J connectivity index is 1.36. The number of nitrogens with zero attached hydrogens (tertiary/aromatic N) is 2. The van der Waals surface area contributed by atoms with E-state index in [0.29, 0.717) is 48.1 Å². The first kappa shape index (κ1) is 15.2. The summed E-state index contributed by atoms with van der Waals surface area (Å²) >= 11 is 0. The first-order chi connectivity index (χ1) is 12.7. The average Bonchev–Trinajstić information content (AvgIpc) is 3.24. The molecule has 1 saturated heterocycles. The van der Waals surface area contributed by atoms with Crippen LogP contribution in [0.2, 0.25) is 0 Å². The number of aliphatic hydroxyl groups excluding tert-OH is 1. The lowest BCUT2D eigenvalue weighted by Gasteiger charge is -2.34. The monoisotopic (exact) mass is 351 g/mol. The molecule has 2 aliphatic heterocycles. The van der Waals surface area contributed by atoms with Gasteiger partial charge in [0.2, 0.25) is 0 Å². The predicted molar refractivity (Wildman–Crippen MR) is 95.8 cm³/mol. The number of rotatable bonds is 3. The van der Waals surface area contributed by atoms with E-state index in [9.17, 15) is 9.90 Å². The average molecular weight is 351 g/mol. The van der Waals surface area contributed by atoms with Crippen molar-refractivity contribution in [3.8, 4) is 5.75 Å². The van der Waals surface area contributed by atoms with Crippen LogP contribution in [0.4, 0.5) is 11.7 Å². The molecule has 3 aromatic rings. The van der Waals surface area contributed by atoms with Crippen molar-refractivity contribution in [3.63, 3.8) is 0 Å². The zero-order chi connectivity index (χ0) is 17.7. The van der Waals surface area contributed by atoms with Crippen LogP contribution in [0, 0.1) is 0 Å². The van der Waals surface area contributed by atoms with Crippen molar-refractivity contribution in [3.05, 3.63) is 47.5 Å². The maximum absolute atomic E-state index is 12.5. The maximum atomic E-state index is 12.5. The van der Waals surface area contributed by atoms with Gasteiger partial charge in [0.05, 0.1) is 25.8 Å². The number of oxazole rings is 1. The van der Waals surface area contributed by atoms with E-state index in [1.807, 2.05) is 17.0 Å². The van der Waals surface area contributed by atoms with Crippen LogP contribution in [0.5, 0.6) is 5.75 Å². The number of aliphatic hydroxyl groups is 1. The lowest BCUT2D eigenvalue weighted by Crippen LogP contribution is -2.51. The summed E-state index contributed by atoms with van der Waals surface area (Å²) in [5.41, 5.74) is 3.63. The van der Waals surface area contributed by atoms with Crippen molar-refractivity contribution < 1.29 is 19.1 Å². The van der Waals surface area contributed by atoms with Crippen LogP contribution >= 0.6 is 0 Å². The second-order valence-corrected chi connectivity index (χ2v) is 6.61. The van der Waals surface area contributed by atoms with Gasteiger partial charge in [-0.3, -0.25) is 4.79 Å². The molecule has 2 aliphatic rings. The van der Waals surface area contributed by atoms with Gasteiger partial charge >= 0.3 is 0 Å². The highest BCUT2D eigenvalue weighted by Crippen LogP contribution is 2.28. The topological polar surface area (TPSA) is 87.8 Å². The number of carbonyl (C=O) groups excluding carboxylic acids is 1. The van der Waals surface area contributed by atoms with Crippen molar-refractivity contribution in [2.45, 2.75) is 12.5 Å². The van der Waals surface area contributed by atoms with Gasteiger partial charge in [0.25, 0.3) is 11.9 Å². The summed E-state index contributed by atoms with van der Waals surface area (Å²) in [6, 6.07) is 11.3. The normalized spacial score (nSPS) is 16.3. The molecular weight excluding hydrogens is 334 g/mol. The third-order valence-corrected chi connectivity index (χ3v) is 4.72. The third-order valence-electron chi connectivity index (χ3n) is 4.72. The molecule has 26 heavy (non-hydrogen) atoms. The number of hydrogen-bond acceptors (Lipinski definition) is 6. The summed E-state index contributed by atoms with van der Waals surface area (Å²) < 4.78 is 11.2. The van der Waals surface area contributed by atoms with Crippen molar-refractivity contribution in [1.82, 2.24) is 4.98 Å². The maximum Gasteiger partial charge on any atom is 0.298 e. The summed E-state index contributed by atoms with van der Waals surface area (Å²) in [6.07, 6.45) is 0.507. The van der Waals surface area contributed by atoms with E-state index in [1.54, 1.807) is 24.3 Å². The molecule has 7 nitrogen and oxygen atoms in total. The summed E-state index contributed by atoms with van der Waals surface area (Å²) in [4.78, 5) is 18.8.